The number of amides is 1. The Bertz CT molecular complexity index is 204. The number of hydrogen-bond acceptors (Lipinski definition) is 3. The van der Waals surface area contributed by atoms with E-state index in [1.807, 2.05) is 13.8 Å². The Morgan fingerprint density at radius 2 is 2.14 bits per heavy atom. The second-order valence-electron chi connectivity index (χ2n) is 3.67. The highest BCUT2D eigenvalue weighted by Gasteiger charge is 2.10. The quantitative estimate of drug-likeness (QED) is 0.515. The Kier molecular flexibility index (Phi) is 5.67. The molecular formula is C9H19N3O2. The topological polar surface area (TPSA) is 79.4 Å². The van der Waals surface area contributed by atoms with Gasteiger partial charge in [0.25, 0.3) is 0 Å². The molecule has 5 nitrogen and oxygen atoms in total. The van der Waals surface area contributed by atoms with Crippen LogP contribution >= 0.6 is 0 Å². The number of ether oxygens (including phenoxy) is 1. The van der Waals surface area contributed by atoms with Crippen LogP contribution in [0.25, 0.3) is 0 Å². The predicted octanol–water partition coefficient (Wildman–Crippen LogP) is 1.04. The van der Waals surface area contributed by atoms with E-state index in [1.165, 1.54) is 4.90 Å². The van der Waals surface area contributed by atoms with E-state index < -0.39 is 0 Å². The third-order valence-electron chi connectivity index (χ3n) is 1.57. The van der Waals surface area contributed by atoms with Gasteiger partial charge in [0, 0.05) is 20.0 Å². The first-order valence-electron chi connectivity index (χ1n) is 4.64. The van der Waals surface area contributed by atoms with Crippen LogP contribution in [0, 0.1) is 11.3 Å². The molecule has 0 saturated heterocycles. The van der Waals surface area contributed by atoms with Crippen molar-refractivity contribution in [2.75, 3.05) is 20.2 Å². The second-order valence-corrected chi connectivity index (χ2v) is 3.67. The third-order valence-corrected chi connectivity index (χ3v) is 1.57. The van der Waals surface area contributed by atoms with Gasteiger partial charge in [0.1, 0.15) is 0 Å². The minimum atomic E-state index is -0.361. The number of nitrogens with zero attached hydrogens (tertiary/aromatic N) is 1. The fourth-order valence-corrected chi connectivity index (χ4v) is 0.728. The maximum atomic E-state index is 11.3. The van der Waals surface area contributed by atoms with Gasteiger partial charge in [0.05, 0.1) is 12.4 Å². The molecule has 0 radical (unpaired) electrons. The molecule has 0 fully saturated rings. The van der Waals surface area contributed by atoms with Gasteiger partial charge in [-0.25, -0.2) is 4.79 Å². The lowest BCUT2D eigenvalue weighted by Gasteiger charge is -2.17. The van der Waals surface area contributed by atoms with E-state index >= 15 is 0 Å². The molecule has 0 aliphatic rings. The molecule has 0 aromatic heterocycles. The number of amidine groups is 1. The van der Waals surface area contributed by atoms with E-state index in [9.17, 15) is 4.79 Å². The zero-order valence-corrected chi connectivity index (χ0v) is 9.04. The first-order valence-corrected chi connectivity index (χ1v) is 4.64. The fraction of sp³-hybridized carbons (Fsp3) is 0.778. The summed E-state index contributed by atoms with van der Waals surface area (Å²) in [4.78, 5) is 12.7. The van der Waals surface area contributed by atoms with E-state index in [1.54, 1.807) is 7.05 Å². The Labute approximate surface area is 84.7 Å². The average molecular weight is 201 g/mol. The van der Waals surface area contributed by atoms with Gasteiger partial charge in [-0.3, -0.25) is 5.41 Å². The van der Waals surface area contributed by atoms with Crippen LogP contribution in [0.4, 0.5) is 4.79 Å². The zero-order valence-electron chi connectivity index (χ0n) is 9.04. The largest absolute Gasteiger partial charge is 0.449 e. The van der Waals surface area contributed by atoms with Gasteiger partial charge in [-0.15, -0.1) is 0 Å². The molecule has 0 rings (SSSR count). The van der Waals surface area contributed by atoms with Crippen molar-refractivity contribution < 1.29 is 9.53 Å². The number of nitrogens with two attached hydrogens (primary N) is 1. The molecule has 0 heterocycles. The van der Waals surface area contributed by atoms with E-state index in [0.29, 0.717) is 25.5 Å². The van der Waals surface area contributed by atoms with Gasteiger partial charge in [-0.1, -0.05) is 13.8 Å². The van der Waals surface area contributed by atoms with Crippen molar-refractivity contribution >= 4 is 11.9 Å². The number of rotatable bonds is 5. The number of nitrogens with one attached hydrogen (secondary N) is 1. The Balaban J connectivity index is 3.70. The van der Waals surface area contributed by atoms with Crippen LogP contribution in [-0.4, -0.2) is 37.0 Å². The molecule has 0 aromatic carbocycles. The van der Waals surface area contributed by atoms with Crippen LogP contribution in [0.15, 0.2) is 0 Å². The fourth-order valence-electron chi connectivity index (χ4n) is 0.728. The average Bonchev–Trinajstić information content (AvgIpc) is 2.09. The molecule has 0 aliphatic heterocycles. The number of hydrogen-bond donors (Lipinski definition) is 2. The predicted molar refractivity (Wildman–Crippen MR) is 55.3 cm³/mol. The lowest BCUT2D eigenvalue weighted by Crippen LogP contribution is -2.31. The minimum absolute atomic E-state index is 0.0773. The standard InChI is InChI=1S/C9H19N3O2/c1-7(2)6-14-9(13)12(3)5-4-8(10)11/h7H,4-6H2,1-3H3,(H3,10,11). The van der Waals surface area contributed by atoms with Crippen LogP contribution < -0.4 is 5.73 Å². The smallest absolute Gasteiger partial charge is 0.409 e. The summed E-state index contributed by atoms with van der Waals surface area (Å²) in [6, 6.07) is 0. The molecule has 3 N–H and O–H groups in total. The van der Waals surface area contributed by atoms with Gasteiger partial charge in [-0.05, 0) is 5.92 Å². The van der Waals surface area contributed by atoms with E-state index in [0.717, 1.165) is 0 Å². The summed E-state index contributed by atoms with van der Waals surface area (Å²) < 4.78 is 4.97. The summed E-state index contributed by atoms with van der Waals surface area (Å²) in [6.45, 7) is 4.79. The molecule has 1 amide bonds. The molecule has 0 saturated carbocycles. The number of carbonyl (C=O) groups excluding carboxylic acids is 1. The molecule has 0 unspecified atom stereocenters. The van der Waals surface area contributed by atoms with Crippen LogP contribution in [0.1, 0.15) is 20.3 Å². The maximum absolute atomic E-state index is 11.3. The zero-order chi connectivity index (χ0) is 11.1. The molecule has 82 valence electrons. The lowest BCUT2D eigenvalue weighted by molar-refractivity contribution is 0.101. The SMILES string of the molecule is CC(C)COC(=O)N(C)CCC(=N)N. The Morgan fingerprint density at radius 1 is 1.57 bits per heavy atom. The third kappa shape index (κ3) is 6.28. The minimum Gasteiger partial charge on any atom is -0.449 e. The van der Waals surface area contributed by atoms with Crippen molar-refractivity contribution in [2.24, 2.45) is 11.7 Å². The first-order chi connectivity index (χ1) is 6.43. The first kappa shape index (κ1) is 12.7. The van der Waals surface area contributed by atoms with E-state index in [-0.39, 0.29) is 11.9 Å². The van der Waals surface area contributed by atoms with E-state index in [4.69, 9.17) is 15.9 Å². The van der Waals surface area contributed by atoms with Crippen molar-refractivity contribution in [1.82, 2.24) is 4.90 Å². The molecule has 0 bridgehead atoms. The highest BCUT2D eigenvalue weighted by Crippen LogP contribution is 1.97. The van der Waals surface area contributed by atoms with E-state index in [2.05, 4.69) is 0 Å². The van der Waals surface area contributed by atoms with Crippen LogP contribution in [0.3, 0.4) is 0 Å². The Hall–Kier alpha value is -1.26. The second kappa shape index (κ2) is 6.23. The molecule has 0 atom stereocenters. The molecule has 14 heavy (non-hydrogen) atoms. The molecular weight excluding hydrogens is 182 g/mol. The van der Waals surface area contributed by atoms with Crippen LogP contribution in [0.5, 0.6) is 0 Å². The van der Waals surface area contributed by atoms with Crippen molar-refractivity contribution in [1.29, 1.82) is 5.41 Å². The normalized spacial score (nSPS) is 10.0. The maximum Gasteiger partial charge on any atom is 0.409 e. The molecule has 5 heteroatoms. The summed E-state index contributed by atoms with van der Waals surface area (Å²) >= 11 is 0. The Morgan fingerprint density at radius 3 is 2.57 bits per heavy atom. The van der Waals surface area contributed by atoms with Crippen molar-refractivity contribution in [2.45, 2.75) is 20.3 Å². The van der Waals surface area contributed by atoms with Crippen molar-refractivity contribution in [3.63, 3.8) is 0 Å². The molecule has 0 aliphatic carbocycles. The summed E-state index contributed by atoms with van der Waals surface area (Å²) in [5.74, 6) is 0.411. The van der Waals surface area contributed by atoms with Crippen molar-refractivity contribution in [3.8, 4) is 0 Å². The molecule has 0 spiro atoms. The summed E-state index contributed by atoms with van der Waals surface area (Å²) in [7, 11) is 1.63. The van der Waals surface area contributed by atoms with Gasteiger partial charge >= 0.3 is 6.09 Å². The summed E-state index contributed by atoms with van der Waals surface area (Å²) in [6.07, 6.45) is 0.0211. The summed E-state index contributed by atoms with van der Waals surface area (Å²) in [5, 5.41) is 7.00. The van der Waals surface area contributed by atoms with Gasteiger partial charge < -0.3 is 15.4 Å². The van der Waals surface area contributed by atoms with Crippen molar-refractivity contribution in [3.05, 3.63) is 0 Å². The van der Waals surface area contributed by atoms with Gasteiger partial charge in [-0.2, -0.15) is 0 Å². The van der Waals surface area contributed by atoms with Gasteiger partial charge in [0.15, 0.2) is 0 Å². The molecule has 0 aromatic rings. The number of carbonyl (C=O) groups is 1. The summed E-state index contributed by atoms with van der Waals surface area (Å²) in [5.41, 5.74) is 5.17. The lowest BCUT2D eigenvalue weighted by atomic mass is 10.2. The monoisotopic (exact) mass is 201 g/mol. The highest BCUT2D eigenvalue weighted by molar-refractivity contribution is 5.77. The van der Waals surface area contributed by atoms with Crippen LogP contribution in [0.2, 0.25) is 0 Å². The highest BCUT2D eigenvalue weighted by atomic mass is 16.6. The van der Waals surface area contributed by atoms with Gasteiger partial charge in [0.2, 0.25) is 0 Å². The van der Waals surface area contributed by atoms with Crippen LogP contribution in [-0.2, 0) is 4.74 Å².